The first kappa shape index (κ1) is 16.4. The highest BCUT2D eigenvalue weighted by atomic mass is 79.9. The Bertz CT molecular complexity index is 488. The van der Waals surface area contributed by atoms with Gasteiger partial charge in [0.2, 0.25) is 5.91 Å². The minimum Gasteiger partial charge on any atom is -0.395 e. The van der Waals surface area contributed by atoms with Crippen LogP contribution in [0.25, 0.3) is 0 Å². The number of nitrogens with one attached hydrogen (secondary N) is 1. The second kappa shape index (κ2) is 7.89. The first-order valence-corrected chi connectivity index (χ1v) is 7.99. The highest BCUT2D eigenvalue weighted by Gasteiger charge is 2.18. The number of hydrogen-bond donors (Lipinski definition) is 2. The molecule has 0 saturated carbocycles. The second-order valence-electron chi connectivity index (χ2n) is 5.35. The van der Waals surface area contributed by atoms with Gasteiger partial charge in [0, 0.05) is 42.9 Å². The first-order valence-electron chi connectivity index (χ1n) is 7.20. The van der Waals surface area contributed by atoms with Gasteiger partial charge in [-0.2, -0.15) is 0 Å². The molecule has 1 aliphatic heterocycles. The molecule has 0 atom stereocenters. The number of anilines is 1. The number of benzene rings is 1. The maximum absolute atomic E-state index is 12.1. The molecule has 2 rings (SSSR count). The quantitative estimate of drug-likeness (QED) is 0.835. The normalized spacial score (nSPS) is 16.9. The van der Waals surface area contributed by atoms with Gasteiger partial charge >= 0.3 is 0 Å². The van der Waals surface area contributed by atoms with Crippen molar-refractivity contribution in [3.63, 3.8) is 0 Å². The van der Waals surface area contributed by atoms with Gasteiger partial charge in [-0.3, -0.25) is 14.6 Å². The van der Waals surface area contributed by atoms with E-state index < -0.39 is 0 Å². The molecule has 1 aliphatic rings. The second-order valence-corrected chi connectivity index (χ2v) is 6.21. The number of carbonyl (C=O) groups excluding carboxylic acids is 1. The van der Waals surface area contributed by atoms with Gasteiger partial charge in [-0.15, -0.1) is 0 Å². The molecule has 6 heteroatoms. The third kappa shape index (κ3) is 5.07. The Morgan fingerprint density at radius 2 is 1.95 bits per heavy atom. The maximum Gasteiger partial charge on any atom is 0.238 e. The molecule has 1 fully saturated rings. The maximum atomic E-state index is 12.1. The number of piperazine rings is 1. The van der Waals surface area contributed by atoms with Crippen molar-refractivity contribution in [2.45, 2.75) is 6.92 Å². The Labute approximate surface area is 134 Å². The number of rotatable bonds is 5. The van der Waals surface area contributed by atoms with Crippen LogP contribution in [-0.4, -0.2) is 66.7 Å². The molecule has 0 aliphatic carbocycles. The van der Waals surface area contributed by atoms with Gasteiger partial charge in [-0.25, -0.2) is 0 Å². The summed E-state index contributed by atoms with van der Waals surface area (Å²) in [5.74, 6) is 0.0151. The summed E-state index contributed by atoms with van der Waals surface area (Å²) < 4.78 is 0.998. The van der Waals surface area contributed by atoms with Crippen LogP contribution in [0, 0.1) is 6.92 Å². The van der Waals surface area contributed by atoms with Gasteiger partial charge in [0.15, 0.2) is 0 Å². The zero-order valence-corrected chi connectivity index (χ0v) is 13.9. The molecule has 1 heterocycles. The topological polar surface area (TPSA) is 55.8 Å². The lowest BCUT2D eigenvalue weighted by atomic mass is 10.2. The van der Waals surface area contributed by atoms with Gasteiger partial charge in [-0.05, 0) is 24.6 Å². The highest BCUT2D eigenvalue weighted by molar-refractivity contribution is 9.10. The molecule has 21 heavy (non-hydrogen) atoms. The number of halogens is 1. The summed E-state index contributed by atoms with van der Waals surface area (Å²) in [5.41, 5.74) is 1.96. The zero-order chi connectivity index (χ0) is 15.2. The molecule has 2 N–H and O–H groups in total. The molecule has 1 aromatic carbocycles. The molecule has 0 bridgehead atoms. The number of β-amino-alcohol motifs (C(OH)–C–C–N with tert-alkyl or cyclic N) is 1. The molecule has 0 aromatic heterocycles. The molecule has 1 amide bonds. The molecule has 5 nitrogen and oxygen atoms in total. The van der Waals surface area contributed by atoms with Crippen molar-refractivity contribution in [3.05, 3.63) is 28.2 Å². The predicted molar refractivity (Wildman–Crippen MR) is 87.5 cm³/mol. The first-order chi connectivity index (χ1) is 10.1. The van der Waals surface area contributed by atoms with Gasteiger partial charge in [0.1, 0.15) is 0 Å². The van der Waals surface area contributed by atoms with Crippen molar-refractivity contribution >= 4 is 27.5 Å². The lowest BCUT2D eigenvalue weighted by Crippen LogP contribution is -2.49. The van der Waals surface area contributed by atoms with Gasteiger partial charge in [0.25, 0.3) is 0 Å². The fourth-order valence-corrected chi connectivity index (χ4v) is 2.77. The van der Waals surface area contributed by atoms with Gasteiger partial charge in [-0.1, -0.05) is 22.0 Å². The number of aliphatic hydroxyl groups is 1. The summed E-state index contributed by atoms with van der Waals surface area (Å²) in [7, 11) is 0. The molecule has 0 radical (unpaired) electrons. The summed E-state index contributed by atoms with van der Waals surface area (Å²) in [4.78, 5) is 16.4. The minimum atomic E-state index is 0.0151. The average Bonchev–Trinajstić information content (AvgIpc) is 2.45. The molecule has 1 saturated heterocycles. The summed E-state index contributed by atoms with van der Waals surface area (Å²) in [6.45, 7) is 6.89. The predicted octanol–water partition coefficient (Wildman–Crippen LogP) is 1.31. The van der Waals surface area contributed by atoms with Gasteiger partial charge < -0.3 is 10.4 Å². The summed E-state index contributed by atoms with van der Waals surface area (Å²) in [5, 5.41) is 11.8. The van der Waals surface area contributed by atoms with E-state index in [9.17, 15) is 4.79 Å². The number of aliphatic hydroxyl groups excluding tert-OH is 1. The van der Waals surface area contributed by atoms with E-state index in [-0.39, 0.29) is 12.5 Å². The summed E-state index contributed by atoms with van der Waals surface area (Å²) in [6, 6.07) is 5.82. The number of aryl methyl sites for hydroxylation is 1. The van der Waals surface area contributed by atoms with E-state index in [2.05, 4.69) is 31.0 Å². The largest absolute Gasteiger partial charge is 0.395 e. The van der Waals surface area contributed by atoms with Crippen molar-refractivity contribution in [1.29, 1.82) is 0 Å². The average molecular weight is 356 g/mol. The molecule has 0 spiro atoms. The van der Waals surface area contributed by atoms with E-state index >= 15 is 0 Å². The van der Waals surface area contributed by atoms with Crippen LogP contribution in [0.4, 0.5) is 5.69 Å². The lowest BCUT2D eigenvalue weighted by Gasteiger charge is -2.33. The van der Waals surface area contributed by atoms with E-state index in [1.54, 1.807) is 0 Å². The molecule has 116 valence electrons. The standard InChI is InChI=1S/C15H22BrN3O2/c1-12-2-3-13(10-14(12)16)17-15(21)11-19-6-4-18(5-7-19)8-9-20/h2-3,10,20H,4-9,11H2,1H3,(H,17,21). The number of nitrogens with zero attached hydrogens (tertiary/aromatic N) is 2. The lowest BCUT2D eigenvalue weighted by molar-refractivity contribution is -0.117. The Hall–Kier alpha value is -0.950. The van der Waals surface area contributed by atoms with Crippen LogP contribution in [0.2, 0.25) is 0 Å². The van der Waals surface area contributed by atoms with Crippen LogP contribution in [0.5, 0.6) is 0 Å². The SMILES string of the molecule is Cc1ccc(NC(=O)CN2CCN(CCO)CC2)cc1Br. The summed E-state index contributed by atoms with van der Waals surface area (Å²) >= 11 is 3.47. The van der Waals surface area contributed by atoms with Crippen LogP contribution in [-0.2, 0) is 4.79 Å². The van der Waals surface area contributed by atoms with E-state index in [0.717, 1.165) is 48.4 Å². The molecule has 1 aromatic rings. The van der Waals surface area contributed by atoms with Crippen molar-refractivity contribution in [2.75, 3.05) is 51.2 Å². The van der Waals surface area contributed by atoms with E-state index in [4.69, 9.17) is 5.11 Å². The molecular weight excluding hydrogens is 334 g/mol. The molecular formula is C15H22BrN3O2. The smallest absolute Gasteiger partial charge is 0.238 e. The van der Waals surface area contributed by atoms with Crippen LogP contribution in [0.1, 0.15) is 5.56 Å². The number of amides is 1. The highest BCUT2D eigenvalue weighted by Crippen LogP contribution is 2.20. The Balaban J connectivity index is 1.78. The number of hydrogen-bond acceptors (Lipinski definition) is 4. The van der Waals surface area contributed by atoms with E-state index in [0.29, 0.717) is 6.54 Å². The van der Waals surface area contributed by atoms with Crippen LogP contribution < -0.4 is 5.32 Å². The van der Waals surface area contributed by atoms with Gasteiger partial charge in [0.05, 0.1) is 13.2 Å². The number of carbonyl (C=O) groups is 1. The van der Waals surface area contributed by atoms with Crippen molar-refractivity contribution in [1.82, 2.24) is 9.80 Å². The minimum absolute atomic E-state index is 0.0151. The Kier molecular flexibility index (Phi) is 6.17. The fourth-order valence-electron chi connectivity index (χ4n) is 2.39. The fraction of sp³-hybridized carbons (Fsp3) is 0.533. The van der Waals surface area contributed by atoms with Crippen LogP contribution in [0.15, 0.2) is 22.7 Å². The summed E-state index contributed by atoms with van der Waals surface area (Å²) in [6.07, 6.45) is 0. The van der Waals surface area contributed by atoms with E-state index in [1.165, 1.54) is 0 Å². The zero-order valence-electron chi connectivity index (χ0n) is 12.3. The Morgan fingerprint density at radius 3 is 2.57 bits per heavy atom. The third-order valence-electron chi connectivity index (χ3n) is 3.70. The van der Waals surface area contributed by atoms with Crippen molar-refractivity contribution in [3.8, 4) is 0 Å². The molecule has 0 unspecified atom stereocenters. The Morgan fingerprint density at radius 1 is 1.29 bits per heavy atom. The third-order valence-corrected chi connectivity index (χ3v) is 4.56. The van der Waals surface area contributed by atoms with Crippen LogP contribution in [0.3, 0.4) is 0 Å². The van der Waals surface area contributed by atoms with Crippen molar-refractivity contribution in [2.24, 2.45) is 0 Å². The van der Waals surface area contributed by atoms with Crippen molar-refractivity contribution < 1.29 is 9.90 Å². The van der Waals surface area contributed by atoms with Crippen LogP contribution >= 0.6 is 15.9 Å². The monoisotopic (exact) mass is 355 g/mol. The van der Waals surface area contributed by atoms with E-state index in [1.807, 2.05) is 25.1 Å².